The lowest BCUT2D eigenvalue weighted by atomic mass is 10.2. The van der Waals surface area contributed by atoms with Crippen LogP contribution in [0.2, 0.25) is 0 Å². The summed E-state index contributed by atoms with van der Waals surface area (Å²) >= 11 is 0. The van der Waals surface area contributed by atoms with Gasteiger partial charge < -0.3 is 10.2 Å². The Labute approximate surface area is 97.3 Å². The van der Waals surface area contributed by atoms with Gasteiger partial charge >= 0.3 is 0 Å². The maximum Gasteiger partial charge on any atom is 0.254 e. The molecule has 5 heteroatoms. The normalized spacial score (nSPS) is 29.0. The maximum atomic E-state index is 12.1. The zero-order chi connectivity index (χ0) is 11.5. The second-order valence-electron chi connectivity index (χ2n) is 4.62. The first-order chi connectivity index (χ1) is 7.72. The van der Waals surface area contributed by atoms with Crippen LogP contribution < -0.4 is 5.32 Å². The zero-order valence-electron chi connectivity index (χ0n) is 10.3. The first-order valence-electron chi connectivity index (χ1n) is 6.20. The van der Waals surface area contributed by atoms with Gasteiger partial charge in [0.15, 0.2) is 0 Å². The summed E-state index contributed by atoms with van der Waals surface area (Å²) in [5.41, 5.74) is 0. The average molecular weight is 226 g/mol. The topological polar surface area (TPSA) is 38.8 Å². The second kappa shape index (κ2) is 5.12. The van der Waals surface area contributed by atoms with Crippen molar-refractivity contribution in [2.45, 2.75) is 19.4 Å². The molecule has 0 aromatic carbocycles. The molecule has 2 heterocycles. The summed E-state index contributed by atoms with van der Waals surface area (Å²) in [4.78, 5) is 14.4. The van der Waals surface area contributed by atoms with E-state index in [1.165, 1.54) is 0 Å². The van der Waals surface area contributed by atoms with E-state index in [0.29, 0.717) is 0 Å². The number of piperazine rings is 1. The molecule has 16 heavy (non-hydrogen) atoms. The number of hydrazine groups is 1. The van der Waals surface area contributed by atoms with Crippen molar-refractivity contribution in [1.82, 2.24) is 20.2 Å². The predicted molar refractivity (Wildman–Crippen MR) is 62.9 cm³/mol. The lowest BCUT2D eigenvalue weighted by Gasteiger charge is -2.38. The Morgan fingerprint density at radius 1 is 1.25 bits per heavy atom. The van der Waals surface area contributed by atoms with Crippen molar-refractivity contribution in [2.24, 2.45) is 0 Å². The largest absolute Gasteiger partial charge is 0.306 e. The van der Waals surface area contributed by atoms with Crippen LogP contribution in [0.15, 0.2) is 0 Å². The Bertz CT molecular complexity index is 250. The minimum atomic E-state index is 0.0460. The molecule has 5 nitrogen and oxygen atoms in total. The van der Waals surface area contributed by atoms with Gasteiger partial charge in [0.25, 0.3) is 5.91 Å². The van der Waals surface area contributed by atoms with E-state index in [1.807, 2.05) is 11.9 Å². The van der Waals surface area contributed by atoms with E-state index in [4.69, 9.17) is 0 Å². The summed E-state index contributed by atoms with van der Waals surface area (Å²) < 4.78 is 0. The van der Waals surface area contributed by atoms with Gasteiger partial charge in [0.05, 0.1) is 6.04 Å². The van der Waals surface area contributed by atoms with Gasteiger partial charge in [-0.05, 0) is 20.0 Å². The molecular weight excluding hydrogens is 204 g/mol. The molecule has 2 aliphatic rings. The Balaban J connectivity index is 1.89. The number of rotatable bonds is 3. The van der Waals surface area contributed by atoms with Crippen LogP contribution in [0.3, 0.4) is 0 Å². The minimum Gasteiger partial charge on any atom is -0.306 e. The van der Waals surface area contributed by atoms with Crippen LogP contribution in [-0.4, -0.2) is 73.2 Å². The molecule has 1 N–H and O–H groups in total. The molecule has 0 bridgehead atoms. The standard InChI is InChI=1S/C11H22N4O/c1-3-12-10-4-5-15(11(10)16)14-8-6-13(2)7-9-14/h10,12H,3-9H2,1-2H3. The molecule has 2 fully saturated rings. The highest BCUT2D eigenvalue weighted by atomic mass is 16.2. The van der Waals surface area contributed by atoms with Gasteiger partial charge in [0, 0.05) is 32.7 Å². The average Bonchev–Trinajstić information content (AvgIpc) is 2.63. The molecule has 2 saturated heterocycles. The molecule has 0 aromatic rings. The van der Waals surface area contributed by atoms with Crippen LogP contribution in [0.4, 0.5) is 0 Å². The highest BCUT2D eigenvalue weighted by Crippen LogP contribution is 2.15. The Morgan fingerprint density at radius 2 is 1.94 bits per heavy atom. The molecule has 2 rings (SSSR count). The quantitative estimate of drug-likeness (QED) is 0.695. The van der Waals surface area contributed by atoms with Crippen LogP contribution in [-0.2, 0) is 4.79 Å². The number of likely N-dealkylation sites (N-methyl/N-ethyl adjacent to an activating group) is 2. The van der Waals surface area contributed by atoms with Gasteiger partial charge in [-0.2, -0.15) is 0 Å². The highest BCUT2D eigenvalue weighted by Gasteiger charge is 2.35. The third-order valence-electron chi connectivity index (χ3n) is 3.45. The van der Waals surface area contributed by atoms with Crippen molar-refractivity contribution in [3.63, 3.8) is 0 Å². The molecular formula is C11H22N4O. The molecule has 0 aromatic heterocycles. The third-order valence-corrected chi connectivity index (χ3v) is 3.45. The molecule has 0 radical (unpaired) electrons. The first kappa shape index (κ1) is 11.8. The summed E-state index contributed by atoms with van der Waals surface area (Å²) in [6.45, 7) is 7.84. The summed E-state index contributed by atoms with van der Waals surface area (Å²) in [6, 6.07) is 0.0460. The Morgan fingerprint density at radius 3 is 2.56 bits per heavy atom. The van der Waals surface area contributed by atoms with Gasteiger partial charge in [-0.25, -0.2) is 5.01 Å². The van der Waals surface area contributed by atoms with E-state index in [9.17, 15) is 4.79 Å². The van der Waals surface area contributed by atoms with Crippen LogP contribution in [0.1, 0.15) is 13.3 Å². The van der Waals surface area contributed by atoms with E-state index in [-0.39, 0.29) is 11.9 Å². The molecule has 2 aliphatic heterocycles. The summed E-state index contributed by atoms with van der Waals surface area (Å²) in [7, 11) is 2.13. The van der Waals surface area contributed by atoms with Crippen molar-refractivity contribution in [3.05, 3.63) is 0 Å². The lowest BCUT2D eigenvalue weighted by Crippen LogP contribution is -2.54. The fourth-order valence-electron chi connectivity index (χ4n) is 2.42. The monoisotopic (exact) mass is 226 g/mol. The van der Waals surface area contributed by atoms with E-state index in [1.54, 1.807) is 0 Å². The Hall–Kier alpha value is -0.650. The van der Waals surface area contributed by atoms with Crippen LogP contribution in [0, 0.1) is 0 Å². The minimum absolute atomic E-state index is 0.0460. The van der Waals surface area contributed by atoms with Gasteiger partial charge in [-0.3, -0.25) is 9.80 Å². The van der Waals surface area contributed by atoms with Gasteiger partial charge in [0.2, 0.25) is 0 Å². The molecule has 1 unspecified atom stereocenters. The smallest absolute Gasteiger partial charge is 0.254 e. The van der Waals surface area contributed by atoms with Crippen molar-refractivity contribution >= 4 is 5.91 Å². The Kier molecular flexibility index (Phi) is 3.78. The van der Waals surface area contributed by atoms with Crippen molar-refractivity contribution < 1.29 is 4.79 Å². The molecule has 1 atom stereocenters. The van der Waals surface area contributed by atoms with E-state index >= 15 is 0 Å². The number of carbonyl (C=O) groups is 1. The number of nitrogens with zero attached hydrogens (tertiary/aromatic N) is 3. The molecule has 0 aliphatic carbocycles. The zero-order valence-corrected chi connectivity index (χ0v) is 10.3. The van der Waals surface area contributed by atoms with Crippen molar-refractivity contribution in [1.29, 1.82) is 0 Å². The molecule has 92 valence electrons. The third kappa shape index (κ3) is 2.36. The number of amides is 1. The van der Waals surface area contributed by atoms with Crippen LogP contribution >= 0.6 is 0 Å². The SMILES string of the molecule is CCNC1CCN(N2CCN(C)CC2)C1=O. The maximum absolute atomic E-state index is 12.1. The van der Waals surface area contributed by atoms with Gasteiger partial charge in [-0.15, -0.1) is 0 Å². The fraction of sp³-hybridized carbons (Fsp3) is 0.909. The fourth-order valence-corrected chi connectivity index (χ4v) is 2.42. The van der Waals surface area contributed by atoms with Gasteiger partial charge in [-0.1, -0.05) is 6.92 Å². The second-order valence-corrected chi connectivity index (χ2v) is 4.62. The summed E-state index contributed by atoms with van der Waals surface area (Å²) in [5, 5.41) is 7.40. The number of carbonyl (C=O) groups excluding carboxylic acids is 1. The summed E-state index contributed by atoms with van der Waals surface area (Å²) in [6.07, 6.45) is 0.943. The first-order valence-corrected chi connectivity index (χ1v) is 6.20. The molecule has 0 saturated carbocycles. The van der Waals surface area contributed by atoms with E-state index < -0.39 is 0 Å². The van der Waals surface area contributed by atoms with Crippen LogP contribution in [0.25, 0.3) is 0 Å². The molecule has 1 amide bonds. The van der Waals surface area contributed by atoms with E-state index in [2.05, 4.69) is 22.3 Å². The van der Waals surface area contributed by atoms with Crippen LogP contribution in [0.5, 0.6) is 0 Å². The number of nitrogens with one attached hydrogen (secondary N) is 1. The number of hydrogen-bond acceptors (Lipinski definition) is 4. The number of hydrogen-bond donors (Lipinski definition) is 1. The predicted octanol–water partition coefficient (Wildman–Crippen LogP) is -0.641. The van der Waals surface area contributed by atoms with Crippen molar-refractivity contribution in [3.8, 4) is 0 Å². The van der Waals surface area contributed by atoms with E-state index in [0.717, 1.165) is 45.7 Å². The van der Waals surface area contributed by atoms with Crippen molar-refractivity contribution in [2.75, 3.05) is 46.3 Å². The lowest BCUT2D eigenvalue weighted by molar-refractivity contribution is -0.147. The summed E-state index contributed by atoms with van der Waals surface area (Å²) in [5.74, 6) is 0.256. The molecule has 0 spiro atoms. The highest BCUT2D eigenvalue weighted by molar-refractivity contribution is 5.83. The van der Waals surface area contributed by atoms with Gasteiger partial charge in [0.1, 0.15) is 0 Å².